The molecule has 6 nitrogen and oxygen atoms in total. The van der Waals surface area contributed by atoms with Crippen LogP contribution in [0.25, 0.3) is 11.0 Å². The van der Waals surface area contributed by atoms with E-state index in [0.717, 1.165) is 12.8 Å². The zero-order valence-electron chi connectivity index (χ0n) is 11.8. The quantitative estimate of drug-likeness (QED) is 0.600. The summed E-state index contributed by atoms with van der Waals surface area (Å²) in [4.78, 5) is 11.9. The molecule has 114 valence electrons. The third-order valence-corrected chi connectivity index (χ3v) is 2.92. The summed E-state index contributed by atoms with van der Waals surface area (Å²) in [6.07, 6.45) is 1.69. The summed E-state index contributed by atoms with van der Waals surface area (Å²) in [5.41, 5.74) is -0.618. The standard InChI is InChI=1S/C15H18O6/c1-2-3-8-20-14-12(17)10-5-4-6-11(19-9-7-16)13(10)21-15(14)18/h4-6,16-17H,2-3,7-9H2,1H3. The fourth-order valence-corrected chi connectivity index (χ4v) is 1.88. The molecule has 0 saturated carbocycles. The molecule has 6 heteroatoms. The highest BCUT2D eigenvalue weighted by Crippen LogP contribution is 2.35. The molecule has 0 radical (unpaired) electrons. The molecule has 0 aliphatic carbocycles. The van der Waals surface area contributed by atoms with Gasteiger partial charge in [0.1, 0.15) is 6.61 Å². The van der Waals surface area contributed by atoms with E-state index in [2.05, 4.69) is 0 Å². The number of benzene rings is 1. The predicted octanol–water partition coefficient (Wildman–Crippen LogP) is 2.05. The van der Waals surface area contributed by atoms with Crippen molar-refractivity contribution in [2.24, 2.45) is 0 Å². The zero-order valence-corrected chi connectivity index (χ0v) is 11.8. The van der Waals surface area contributed by atoms with Crippen LogP contribution in [0.2, 0.25) is 0 Å². The van der Waals surface area contributed by atoms with Gasteiger partial charge in [-0.15, -0.1) is 0 Å². The molecule has 0 aliphatic rings. The first-order valence-corrected chi connectivity index (χ1v) is 6.84. The van der Waals surface area contributed by atoms with Crippen molar-refractivity contribution in [3.8, 4) is 17.2 Å². The van der Waals surface area contributed by atoms with Crippen LogP contribution >= 0.6 is 0 Å². The molecule has 0 fully saturated rings. The van der Waals surface area contributed by atoms with Crippen LogP contribution in [-0.4, -0.2) is 30.0 Å². The zero-order chi connectivity index (χ0) is 15.2. The van der Waals surface area contributed by atoms with Crippen LogP contribution in [-0.2, 0) is 0 Å². The summed E-state index contributed by atoms with van der Waals surface area (Å²) in [5.74, 6) is -0.156. The van der Waals surface area contributed by atoms with Gasteiger partial charge >= 0.3 is 5.63 Å². The Morgan fingerprint density at radius 3 is 2.76 bits per heavy atom. The second-order valence-corrected chi connectivity index (χ2v) is 4.47. The van der Waals surface area contributed by atoms with E-state index in [1.165, 1.54) is 0 Å². The van der Waals surface area contributed by atoms with E-state index in [1.807, 2.05) is 6.92 Å². The number of fused-ring (bicyclic) bond motifs is 1. The lowest BCUT2D eigenvalue weighted by molar-refractivity contribution is 0.201. The normalized spacial score (nSPS) is 10.8. The molecule has 1 aromatic carbocycles. The Morgan fingerprint density at radius 1 is 1.24 bits per heavy atom. The number of para-hydroxylation sites is 1. The maximum absolute atomic E-state index is 11.9. The smallest absolute Gasteiger partial charge is 0.383 e. The highest BCUT2D eigenvalue weighted by atomic mass is 16.5. The molecule has 0 unspecified atom stereocenters. The highest BCUT2D eigenvalue weighted by molar-refractivity contribution is 5.89. The summed E-state index contributed by atoms with van der Waals surface area (Å²) in [7, 11) is 0. The number of rotatable bonds is 7. The number of aliphatic hydroxyl groups excluding tert-OH is 1. The van der Waals surface area contributed by atoms with Crippen molar-refractivity contribution >= 4 is 11.0 Å². The number of unbranched alkanes of at least 4 members (excludes halogenated alkanes) is 1. The average molecular weight is 294 g/mol. The minimum absolute atomic E-state index is 0.0678. The largest absolute Gasteiger partial charge is 0.504 e. The van der Waals surface area contributed by atoms with Crippen molar-refractivity contribution in [1.29, 1.82) is 0 Å². The highest BCUT2D eigenvalue weighted by Gasteiger charge is 2.17. The van der Waals surface area contributed by atoms with E-state index in [0.29, 0.717) is 12.0 Å². The molecule has 1 heterocycles. The van der Waals surface area contributed by atoms with E-state index in [-0.39, 0.29) is 36.0 Å². The summed E-state index contributed by atoms with van der Waals surface area (Å²) in [6, 6.07) is 4.86. The maximum atomic E-state index is 11.9. The lowest BCUT2D eigenvalue weighted by Crippen LogP contribution is -2.09. The second kappa shape index (κ2) is 6.99. The van der Waals surface area contributed by atoms with Crippen molar-refractivity contribution in [2.45, 2.75) is 19.8 Å². The summed E-state index contributed by atoms with van der Waals surface area (Å²) < 4.78 is 15.8. The summed E-state index contributed by atoms with van der Waals surface area (Å²) in [6.45, 7) is 2.24. The Morgan fingerprint density at radius 2 is 2.05 bits per heavy atom. The number of hydrogen-bond donors (Lipinski definition) is 2. The van der Waals surface area contributed by atoms with Crippen molar-refractivity contribution in [3.63, 3.8) is 0 Å². The topological polar surface area (TPSA) is 89.1 Å². The molecule has 0 bridgehead atoms. The molecule has 2 N–H and O–H groups in total. The molecule has 0 amide bonds. The number of hydrogen-bond acceptors (Lipinski definition) is 6. The van der Waals surface area contributed by atoms with Gasteiger partial charge in [0, 0.05) is 0 Å². The van der Waals surface area contributed by atoms with E-state index < -0.39 is 5.63 Å². The first kappa shape index (κ1) is 15.2. The molecule has 21 heavy (non-hydrogen) atoms. The van der Waals surface area contributed by atoms with Gasteiger partial charge in [-0.25, -0.2) is 4.79 Å². The van der Waals surface area contributed by atoms with Gasteiger partial charge in [0.15, 0.2) is 17.1 Å². The molecule has 0 aliphatic heterocycles. The SMILES string of the molecule is CCCCOc1c(O)c2cccc(OCCO)c2oc1=O. The van der Waals surface area contributed by atoms with E-state index in [9.17, 15) is 9.90 Å². The maximum Gasteiger partial charge on any atom is 0.383 e. The minimum atomic E-state index is -0.754. The Bertz CT molecular complexity index is 661. The Hall–Kier alpha value is -2.21. The third kappa shape index (κ3) is 3.28. The fraction of sp³-hybridized carbons (Fsp3) is 0.400. The van der Waals surface area contributed by atoms with Gasteiger partial charge in [-0.2, -0.15) is 0 Å². The molecule has 1 aromatic heterocycles. The van der Waals surface area contributed by atoms with Gasteiger partial charge in [0.25, 0.3) is 0 Å². The predicted molar refractivity (Wildman–Crippen MR) is 77.1 cm³/mol. The molecular weight excluding hydrogens is 276 g/mol. The Labute approximate surface area is 121 Å². The van der Waals surface area contributed by atoms with E-state index in [4.69, 9.17) is 19.0 Å². The second-order valence-electron chi connectivity index (χ2n) is 4.47. The van der Waals surface area contributed by atoms with E-state index >= 15 is 0 Å². The van der Waals surface area contributed by atoms with Gasteiger partial charge < -0.3 is 24.1 Å². The molecule has 2 rings (SSSR count). The van der Waals surface area contributed by atoms with Crippen LogP contribution in [0.1, 0.15) is 19.8 Å². The van der Waals surface area contributed by atoms with Gasteiger partial charge in [-0.3, -0.25) is 0 Å². The molecule has 0 saturated heterocycles. The van der Waals surface area contributed by atoms with Gasteiger partial charge in [0.2, 0.25) is 5.75 Å². The first-order valence-electron chi connectivity index (χ1n) is 6.84. The molecule has 0 spiro atoms. The Balaban J connectivity index is 2.44. The third-order valence-electron chi connectivity index (χ3n) is 2.92. The first-order chi connectivity index (χ1) is 10.2. The minimum Gasteiger partial charge on any atom is -0.504 e. The number of aliphatic hydroxyl groups is 1. The number of aromatic hydroxyl groups is 1. The lowest BCUT2D eigenvalue weighted by Gasteiger charge is -2.10. The van der Waals surface area contributed by atoms with Crippen molar-refractivity contribution in [3.05, 3.63) is 28.6 Å². The van der Waals surface area contributed by atoms with Crippen LogP contribution in [0.4, 0.5) is 0 Å². The monoisotopic (exact) mass is 294 g/mol. The van der Waals surface area contributed by atoms with Gasteiger partial charge in [-0.1, -0.05) is 19.4 Å². The number of ether oxygens (including phenoxy) is 2. The lowest BCUT2D eigenvalue weighted by atomic mass is 10.2. The average Bonchev–Trinajstić information content (AvgIpc) is 2.49. The Kier molecular flexibility index (Phi) is 5.05. The molecule has 2 aromatic rings. The van der Waals surface area contributed by atoms with Crippen LogP contribution in [0.3, 0.4) is 0 Å². The van der Waals surface area contributed by atoms with Crippen LogP contribution in [0.5, 0.6) is 17.2 Å². The van der Waals surface area contributed by atoms with Crippen LogP contribution < -0.4 is 15.1 Å². The summed E-state index contributed by atoms with van der Waals surface area (Å²) in [5, 5.41) is 19.3. The summed E-state index contributed by atoms with van der Waals surface area (Å²) >= 11 is 0. The molecular formula is C15H18O6. The van der Waals surface area contributed by atoms with Crippen molar-refractivity contribution in [1.82, 2.24) is 0 Å². The van der Waals surface area contributed by atoms with Gasteiger partial charge in [-0.05, 0) is 18.6 Å². The molecule has 0 atom stereocenters. The van der Waals surface area contributed by atoms with Crippen molar-refractivity contribution < 1.29 is 24.1 Å². The fourth-order valence-electron chi connectivity index (χ4n) is 1.88. The van der Waals surface area contributed by atoms with E-state index in [1.54, 1.807) is 18.2 Å². The van der Waals surface area contributed by atoms with Gasteiger partial charge in [0.05, 0.1) is 18.6 Å². The van der Waals surface area contributed by atoms with Crippen molar-refractivity contribution in [2.75, 3.05) is 19.8 Å². The van der Waals surface area contributed by atoms with Crippen LogP contribution in [0.15, 0.2) is 27.4 Å². The van der Waals surface area contributed by atoms with Crippen LogP contribution in [0, 0.1) is 0 Å².